The fourth-order valence-corrected chi connectivity index (χ4v) is 2.70. The third-order valence-electron chi connectivity index (χ3n) is 3.60. The molecule has 0 spiro atoms. The zero-order chi connectivity index (χ0) is 13.3. The minimum absolute atomic E-state index is 0.0283. The smallest absolute Gasteiger partial charge is 0.231 e. The molecule has 102 valence electrons. The maximum absolute atomic E-state index is 11.4. The first-order valence-electron chi connectivity index (χ1n) is 6.17. The fraction of sp³-hybridized carbons (Fsp3) is 0.818. The molecule has 18 heavy (non-hydrogen) atoms. The van der Waals surface area contributed by atoms with E-state index in [0.29, 0.717) is 5.89 Å². The summed E-state index contributed by atoms with van der Waals surface area (Å²) in [6.07, 6.45) is 5.26. The van der Waals surface area contributed by atoms with Crippen LogP contribution in [0.25, 0.3) is 0 Å². The molecule has 0 aromatic carbocycles. The third-order valence-corrected chi connectivity index (χ3v) is 5.10. The van der Waals surface area contributed by atoms with Crippen LogP contribution in [-0.2, 0) is 9.84 Å². The molecular formula is C11H19N3O3S. The van der Waals surface area contributed by atoms with E-state index in [1.54, 1.807) is 6.92 Å². The van der Waals surface area contributed by atoms with Gasteiger partial charge < -0.3 is 10.3 Å². The van der Waals surface area contributed by atoms with Crippen LogP contribution in [0.4, 0.5) is 0 Å². The third kappa shape index (κ3) is 2.72. The number of nitrogens with zero attached hydrogens (tertiary/aromatic N) is 2. The van der Waals surface area contributed by atoms with Gasteiger partial charge in [0.2, 0.25) is 5.89 Å². The summed E-state index contributed by atoms with van der Waals surface area (Å²) in [7, 11) is -3.20. The average Bonchev–Trinajstić information content (AvgIpc) is 2.76. The predicted octanol–water partition coefficient (Wildman–Crippen LogP) is 1.16. The van der Waals surface area contributed by atoms with Crippen molar-refractivity contribution < 1.29 is 12.9 Å². The first-order valence-corrected chi connectivity index (χ1v) is 8.13. The van der Waals surface area contributed by atoms with Gasteiger partial charge in [0.25, 0.3) is 0 Å². The lowest BCUT2D eigenvalue weighted by Gasteiger charge is -2.25. The van der Waals surface area contributed by atoms with Crippen LogP contribution in [0.3, 0.4) is 0 Å². The Morgan fingerprint density at radius 3 is 2.67 bits per heavy atom. The van der Waals surface area contributed by atoms with E-state index in [1.165, 1.54) is 6.26 Å². The second-order valence-corrected chi connectivity index (χ2v) is 7.38. The zero-order valence-electron chi connectivity index (χ0n) is 10.7. The average molecular weight is 273 g/mol. The summed E-state index contributed by atoms with van der Waals surface area (Å²) >= 11 is 0. The van der Waals surface area contributed by atoms with E-state index in [2.05, 4.69) is 10.1 Å². The lowest BCUT2D eigenvalue weighted by atomic mass is 9.85. The van der Waals surface area contributed by atoms with Crippen LogP contribution in [-0.4, -0.2) is 30.9 Å². The summed E-state index contributed by atoms with van der Waals surface area (Å²) in [5, 5.41) is 3.03. The number of sulfone groups is 1. The number of aromatic nitrogens is 2. The Morgan fingerprint density at radius 1 is 1.39 bits per heavy atom. The van der Waals surface area contributed by atoms with E-state index in [0.717, 1.165) is 25.7 Å². The molecule has 1 aromatic heterocycles. The van der Waals surface area contributed by atoms with Crippen molar-refractivity contribution in [2.45, 2.75) is 49.8 Å². The van der Waals surface area contributed by atoms with Crippen molar-refractivity contribution >= 4 is 9.84 Å². The molecule has 2 N–H and O–H groups in total. The highest BCUT2D eigenvalue weighted by Gasteiger charge is 2.30. The lowest BCUT2D eigenvalue weighted by molar-refractivity contribution is 0.289. The molecule has 2 rings (SSSR count). The first-order chi connectivity index (χ1) is 8.39. The molecule has 0 bridgehead atoms. The van der Waals surface area contributed by atoms with E-state index < -0.39 is 15.1 Å². The van der Waals surface area contributed by atoms with E-state index in [1.807, 2.05) is 0 Å². The molecular weight excluding hydrogens is 254 g/mol. The standard InChI is InChI=1S/C11H19N3O3S/c1-7(18(2,15)16)10-13-11(17-14-10)8-5-3-4-6-9(8)12/h7-9H,3-6,12H2,1-2H3. The van der Waals surface area contributed by atoms with Crippen molar-refractivity contribution in [3.8, 4) is 0 Å². The van der Waals surface area contributed by atoms with Gasteiger partial charge in [0, 0.05) is 12.3 Å². The zero-order valence-corrected chi connectivity index (χ0v) is 11.5. The topological polar surface area (TPSA) is 99.1 Å². The van der Waals surface area contributed by atoms with Gasteiger partial charge in [0.05, 0.1) is 5.92 Å². The fourth-order valence-electron chi connectivity index (χ4n) is 2.22. The van der Waals surface area contributed by atoms with Crippen LogP contribution in [0.15, 0.2) is 4.52 Å². The molecule has 1 aliphatic carbocycles. The molecule has 1 fully saturated rings. The lowest BCUT2D eigenvalue weighted by Crippen LogP contribution is -2.31. The molecule has 6 nitrogen and oxygen atoms in total. The van der Waals surface area contributed by atoms with Gasteiger partial charge in [0.15, 0.2) is 15.7 Å². The van der Waals surface area contributed by atoms with Gasteiger partial charge in [-0.1, -0.05) is 18.0 Å². The summed E-state index contributed by atoms with van der Waals surface area (Å²) in [5.41, 5.74) is 6.04. The van der Waals surface area contributed by atoms with Gasteiger partial charge in [0.1, 0.15) is 5.25 Å². The van der Waals surface area contributed by atoms with Crippen LogP contribution >= 0.6 is 0 Å². The normalized spacial score (nSPS) is 27.1. The molecule has 1 saturated carbocycles. The van der Waals surface area contributed by atoms with Gasteiger partial charge >= 0.3 is 0 Å². The van der Waals surface area contributed by atoms with Crippen molar-refractivity contribution in [2.75, 3.05) is 6.26 Å². The van der Waals surface area contributed by atoms with Gasteiger partial charge in [-0.2, -0.15) is 4.98 Å². The Bertz CT molecular complexity index is 511. The molecule has 3 atom stereocenters. The van der Waals surface area contributed by atoms with E-state index >= 15 is 0 Å². The highest BCUT2D eigenvalue weighted by atomic mass is 32.2. The molecule has 0 aliphatic heterocycles. The molecule has 1 heterocycles. The minimum Gasteiger partial charge on any atom is -0.339 e. The number of rotatable bonds is 3. The van der Waals surface area contributed by atoms with Crippen LogP contribution in [0.5, 0.6) is 0 Å². The molecule has 0 saturated heterocycles. The highest BCUT2D eigenvalue weighted by Crippen LogP contribution is 2.31. The quantitative estimate of drug-likeness (QED) is 0.887. The maximum Gasteiger partial charge on any atom is 0.231 e. The first kappa shape index (κ1) is 13.5. The van der Waals surface area contributed by atoms with Gasteiger partial charge in [-0.25, -0.2) is 8.42 Å². The Morgan fingerprint density at radius 2 is 2.06 bits per heavy atom. The van der Waals surface area contributed by atoms with Crippen molar-refractivity contribution in [1.82, 2.24) is 10.1 Å². The molecule has 0 radical (unpaired) electrons. The van der Waals surface area contributed by atoms with Crippen LogP contribution in [0, 0.1) is 0 Å². The molecule has 0 amide bonds. The molecule has 1 aliphatic rings. The minimum atomic E-state index is -3.20. The summed E-state index contributed by atoms with van der Waals surface area (Å²) in [5.74, 6) is 0.768. The Balaban J connectivity index is 2.20. The Hall–Kier alpha value is -0.950. The van der Waals surface area contributed by atoms with Gasteiger partial charge in [-0.3, -0.25) is 0 Å². The second-order valence-electron chi connectivity index (χ2n) is 5.02. The monoisotopic (exact) mass is 273 g/mol. The largest absolute Gasteiger partial charge is 0.339 e. The van der Waals surface area contributed by atoms with Crippen molar-refractivity contribution in [3.63, 3.8) is 0 Å². The van der Waals surface area contributed by atoms with E-state index in [9.17, 15) is 8.42 Å². The summed E-state index contributed by atoms with van der Waals surface area (Å²) in [6.45, 7) is 1.56. The van der Waals surface area contributed by atoms with Gasteiger partial charge in [-0.15, -0.1) is 0 Å². The number of nitrogens with two attached hydrogens (primary N) is 1. The summed E-state index contributed by atoms with van der Waals surface area (Å²) < 4.78 is 28.1. The highest BCUT2D eigenvalue weighted by molar-refractivity contribution is 7.90. The SMILES string of the molecule is CC(c1noc(C2CCCCC2N)n1)S(C)(=O)=O. The summed E-state index contributed by atoms with van der Waals surface area (Å²) in [6, 6.07) is 0.0283. The van der Waals surface area contributed by atoms with Crippen molar-refractivity contribution in [3.05, 3.63) is 11.7 Å². The van der Waals surface area contributed by atoms with Crippen molar-refractivity contribution in [1.29, 1.82) is 0 Å². The van der Waals surface area contributed by atoms with Crippen LogP contribution < -0.4 is 5.73 Å². The number of hydrogen-bond acceptors (Lipinski definition) is 6. The predicted molar refractivity (Wildman–Crippen MR) is 66.7 cm³/mol. The number of hydrogen-bond donors (Lipinski definition) is 1. The van der Waals surface area contributed by atoms with E-state index in [-0.39, 0.29) is 17.8 Å². The Kier molecular flexibility index (Phi) is 3.72. The second kappa shape index (κ2) is 4.97. The molecule has 7 heteroatoms. The van der Waals surface area contributed by atoms with Gasteiger partial charge in [-0.05, 0) is 19.8 Å². The van der Waals surface area contributed by atoms with E-state index in [4.69, 9.17) is 10.3 Å². The Labute approximate surface area is 107 Å². The van der Waals surface area contributed by atoms with Crippen LogP contribution in [0.1, 0.15) is 55.5 Å². The van der Waals surface area contributed by atoms with Crippen LogP contribution in [0.2, 0.25) is 0 Å². The summed E-state index contributed by atoms with van der Waals surface area (Å²) in [4.78, 5) is 4.21. The molecule has 3 unspecified atom stereocenters. The molecule has 1 aromatic rings. The van der Waals surface area contributed by atoms with Crippen molar-refractivity contribution in [2.24, 2.45) is 5.73 Å². The maximum atomic E-state index is 11.4.